The average Bonchev–Trinajstić information content (AvgIpc) is 2.18. The number of carbonyl (C=O) groups excluding carboxylic acids is 1. The van der Waals surface area contributed by atoms with Crippen LogP contribution in [0.4, 0.5) is 0 Å². The average molecular weight is 180 g/mol. The molecule has 0 saturated carbocycles. The fourth-order valence-corrected chi connectivity index (χ4v) is 0.641. The molecule has 0 fully saturated rings. The molecule has 6 nitrogen and oxygen atoms in total. The quantitative estimate of drug-likeness (QED) is 0.259. The lowest BCUT2D eigenvalue weighted by Gasteiger charge is -2.23. The second-order valence-electron chi connectivity index (χ2n) is 2.41. The molecule has 0 saturated heterocycles. The third-order valence-corrected chi connectivity index (χ3v) is 1.47. The zero-order valence-corrected chi connectivity index (χ0v) is 6.34. The number of nitrogens with two attached hydrogens (primary N) is 2. The SMILES string of the molecule is [2H]NC[C@@H](O)[C@@H](O)[C@@H](O)[C@H](C=O)N[2H]. The van der Waals surface area contributed by atoms with E-state index < -0.39 is 24.4 Å². The molecule has 0 radical (unpaired) electrons. The Morgan fingerprint density at radius 3 is 2.50 bits per heavy atom. The van der Waals surface area contributed by atoms with Gasteiger partial charge in [-0.1, -0.05) is 0 Å². The Hall–Kier alpha value is -0.530. The van der Waals surface area contributed by atoms with Crippen molar-refractivity contribution in [2.24, 2.45) is 11.5 Å². The molecule has 0 aliphatic carbocycles. The van der Waals surface area contributed by atoms with Gasteiger partial charge in [-0.15, -0.1) is 0 Å². The van der Waals surface area contributed by atoms with Gasteiger partial charge in [0.15, 0.2) is 0 Å². The van der Waals surface area contributed by atoms with Gasteiger partial charge in [0, 0.05) is 6.54 Å². The lowest BCUT2D eigenvalue weighted by molar-refractivity contribution is -0.116. The van der Waals surface area contributed by atoms with Crippen LogP contribution in [0.15, 0.2) is 0 Å². The summed E-state index contributed by atoms with van der Waals surface area (Å²) >= 11 is 0. The van der Waals surface area contributed by atoms with Crippen molar-refractivity contribution in [2.45, 2.75) is 24.4 Å². The third kappa shape index (κ3) is 2.84. The molecule has 4 atom stereocenters. The largest absolute Gasteiger partial charge is 0.389 e. The van der Waals surface area contributed by atoms with Crippen molar-refractivity contribution < 1.29 is 22.9 Å². The number of aldehydes is 1. The first kappa shape index (κ1) is 8.09. The van der Waals surface area contributed by atoms with Crippen molar-refractivity contribution in [3.05, 3.63) is 0 Å². The van der Waals surface area contributed by atoms with Gasteiger partial charge in [-0.2, -0.15) is 0 Å². The Labute approximate surface area is 72.7 Å². The lowest BCUT2D eigenvalue weighted by Crippen LogP contribution is -2.50. The number of aliphatic hydroxyl groups excluding tert-OH is 3. The van der Waals surface area contributed by atoms with E-state index in [1.54, 1.807) is 5.73 Å². The number of rotatable bonds is 7. The summed E-state index contributed by atoms with van der Waals surface area (Å²) in [6.45, 7) is -0.248. The highest BCUT2D eigenvalue weighted by Crippen LogP contribution is 2.01. The van der Waals surface area contributed by atoms with Gasteiger partial charge in [-0.25, -0.2) is 0 Å². The van der Waals surface area contributed by atoms with Gasteiger partial charge in [0.25, 0.3) is 0 Å². The van der Waals surface area contributed by atoms with E-state index in [1.807, 2.05) is 5.73 Å². The molecular weight excluding hydrogens is 164 g/mol. The second kappa shape index (κ2) is 5.18. The molecule has 72 valence electrons. The molecule has 7 N–H and O–H groups in total. The number of hydrogen-bond donors (Lipinski definition) is 5. The van der Waals surface area contributed by atoms with Crippen LogP contribution in [-0.4, -0.2) is 52.5 Å². The summed E-state index contributed by atoms with van der Waals surface area (Å²) in [6.07, 6.45) is -4.31. The van der Waals surface area contributed by atoms with E-state index in [0.29, 0.717) is 0 Å². The van der Waals surface area contributed by atoms with Crippen LogP contribution in [-0.2, 0) is 4.79 Å². The first-order chi connectivity index (χ1) is 6.58. The predicted molar refractivity (Wildman–Crippen MR) is 41.1 cm³/mol. The Morgan fingerprint density at radius 2 is 2.08 bits per heavy atom. The van der Waals surface area contributed by atoms with Crippen LogP contribution in [0.1, 0.15) is 0 Å². The maximum absolute atomic E-state index is 10.3. The minimum Gasteiger partial charge on any atom is -0.389 e. The molecule has 0 heterocycles. The molecule has 0 aromatic carbocycles. The monoisotopic (exact) mass is 180 g/mol. The fraction of sp³-hybridized carbons (Fsp3) is 0.833. The lowest BCUT2D eigenvalue weighted by atomic mass is 10.0. The molecule has 0 rings (SSSR count). The van der Waals surface area contributed by atoms with Crippen molar-refractivity contribution in [2.75, 3.05) is 6.54 Å². The van der Waals surface area contributed by atoms with Gasteiger partial charge < -0.3 is 31.6 Å². The summed E-state index contributed by atoms with van der Waals surface area (Å²) in [4.78, 5) is 10.3. The predicted octanol–water partition coefficient (Wildman–Crippen LogP) is -3.45. The zero-order chi connectivity index (χ0) is 11.1. The van der Waals surface area contributed by atoms with E-state index in [-0.39, 0.29) is 12.8 Å². The standard InChI is InChI=1S/C6H14N2O4/c7-1-4(10)6(12)5(11)3(8)2-9/h2-6,10-12H,1,7-8H2/t3-,4+,5-,6+/m0/s1/i/hD2. The highest BCUT2D eigenvalue weighted by atomic mass is 16.4. The number of hydrogen-bond acceptors (Lipinski definition) is 6. The topological polar surface area (TPSA) is 130 Å². The second-order valence-corrected chi connectivity index (χ2v) is 2.41. The summed E-state index contributed by atoms with van der Waals surface area (Å²) in [5.74, 6) is 0. The van der Waals surface area contributed by atoms with Crippen LogP contribution >= 0.6 is 0 Å². The molecule has 0 aromatic rings. The van der Waals surface area contributed by atoms with E-state index in [0.717, 1.165) is 0 Å². The van der Waals surface area contributed by atoms with Gasteiger partial charge >= 0.3 is 0 Å². The molecule has 0 bridgehead atoms. The van der Waals surface area contributed by atoms with Crippen molar-refractivity contribution in [3.63, 3.8) is 0 Å². The molecular formula is C6H14N2O4. The normalized spacial score (nSPS) is 23.2. The fourth-order valence-electron chi connectivity index (χ4n) is 0.641. The molecule has 12 heavy (non-hydrogen) atoms. The van der Waals surface area contributed by atoms with Gasteiger partial charge in [0.05, 0.1) is 12.1 Å². The smallest absolute Gasteiger partial charge is 0.139 e. The van der Waals surface area contributed by atoms with Crippen LogP contribution in [0, 0.1) is 0 Å². The molecule has 0 aliphatic heterocycles. The van der Waals surface area contributed by atoms with E-state index in [1.165, 1.54) is 0 Å². The Morgan fingerprint density at radius 1 is 1.42 bits per heavy atom. The molecule has 0 aliphatic rings. The molecule has 0 unspecified atom stereocenters. The van der Waals surface area contributed by atoms with E-state index in [4.69, 9.17) is 7.93 Å². The minimum atomic E-state index is -1.60. The zero-order valence-electron chi connectivity index (χ0n) is 8.34. The van der Waals surface area contributed by atoms with Crippen LogP contribution in [0.2, 0.25) is 2.82 Å². The van der Waals surface area contributed by atoms with Gasteiger partial charge in [0.1, 0.15) is 21.3 Å². The summed E-state index contributed by atoms with van der Waals surface area (Å²) in [5, 5.41) is 27.6. The number of carbonyl (C=O) groups is 1. The first-order valence-corrected chi connectivity index (χ1v) is 3.39. The molecule has 0 amide bonds. The van der Waals surface area contributed by atoms with Gasteiger partial charge in [-0.3, -0.25) is 0 Å². The summed E-state index contributed by atoms with van der Waals surface area (Å²) in [5.41, 5.74) is 3.57. The van der Waals surface area contributed by atoms with Gasteiger partial charge in [-0.05, 0) is 0 Å². The summed E-state index contributed by atoms with van der Waals surface area (Å²) in [7, 11) is 0. The maximum atomic E-state index is 10.3. The highest BCUT2D eigenvalue weighted by Gasteiger charge is 2.28. The van der Waals surface area contributed by atoms with Crippen molar-refractivity contribution >= 4 is 6.29 Å². The Kier molecular flexibility index (Phi) is 3.49. The highest BCUT2D eigenvalue weighted by molar-refractivity contribution is 5.58. The maximum Gasteiger partial charge on any atom is 0.139 e. The number of aliphatic hydroxyl groups is 3. The summed E-state index contributed by atoms with van der Waals surface area (Å²) < 4.78 is 13.2. The van der Waals surface area contributed by atoms with Crippen molar-refractivity contribution in [3.8, 4) is 0 Å². The van der Waals surface area contributed by atoms with E-state index in [9.17, 15) is 15.0 Å². The third-order valence-electron chi connectivity index (χ3n) is 1.47. The first-order valence-electron chi connectivity index (χ1n) is 4.39. The molecule has 6 heteroatoms. The molecule has 0 spiro atoms. The van der Waals surface area contributed by atoms with Crippen molar-refractivity contribution in [1.29, 1.82) is 0 Å². The Bertz CT molecular complexity index is 174. The Balaban J connectivity index is 4.20. The molecule has 0 aromatic heterocycles. The van der Waals surface area contributed by atoms with Crippen LogP contribution in [0.3, 0.4) is 0 Å². The van der Waals surface area contributed by atoms with Crippen LogP contribution < -0.4 is 11.5 Å². The van der Waals surface area contributed by atoms with Gasteiger partial charge in [0.2, 0.25) is 0 Å². The van der Waals surface area contributed by atoms with E-state index in [2.05, 4.69) is 0 Å². The van der Waals surface area contributed by atoms with Crippen LogP contribution in [0.25, 0.3) is 0 Å². The minimum absolute atomic E-state index is 0.248. The summed E-state index contributed by atoms with van der Waals surface area (Å²) in [6, 6.07) is -1.27. The van der Waals surface area contributed by atoms with Crippen LogP contribution in [0.5, 0.6) is 0 Å². The van der Waals surface area contributed by atoms with E-state index >= 15 is 0 Å². The van der Waals surface area contributed by atoms with Crippen molar-refractivity contribution in [1.82, 2.24) is 0 Å².